The summed E-state index contributed by atoms with van der Waals surface area (Å²) in [6.07, 6.45) is 0. The van der Waals surface area contributed by atoms with Gasteiger partial charge in [-0.1, -0.05) is 22.0 Å². The average Bonchev–Trinajstić information content (AvgIpc) is 2.48. The number of hydrogen-bond donors (Lipinski definition) is 0. The molecule has 0 aromatic heterocycles. The number of halogens is 1. The Balaban J connectivity index is 2.34. The van der Waals surface area contributed by atoms with E-state index in [-0.39, 0.29) is 5.69 Å². The van der Waals surface area contributed by atoms with E-state index in [4.69, 9.17) is 9.47 Å². The van der Waals surface area contributed by atoms with Gasteiger partial charge in [0.15, 0.2) is 11.5 Å². The molecule has 0 fully saturated rings. The molecule has 0 spiro atoms. The highest BCUT2D eigenvalue weighted by molar-refractivity contribution is 9.08. The normalized spacial score (nSPS) is 10.2. The van der Waals surface area contributed by atoms with Crippen LogP contribution in [0, 0.1) is 17.0 Å². The number of nitrogens with zero attached hydrogens (tertiary/aromatic N) is 1. The van der Waals surface area contributed by atoms with Crippen LogP contribution in [0.1, 0.15) is 11.1 Å². The minimum absolute atomic E-state index is 0.0649. The number of nitro groups is 1. The molecule has 0 unspecified atom stereocenters. The number of methoxy groups -OCH3 is 1. The highest BCUT2D eigenvalue weighted by Gasteiger charge is 2.14. The second-order valence-electron chi connectivity index (χ2n) is 4.44. The van der Waals surface area contributed by atoms with E-state index in [1.807, 2.05) is 25.1 Å². The van der Waals surface area contributed by atoms with Crippen LogP contribution in [0.25, 0.3) is 0 Å². The zero-order valence-electron chi connectivity index (χ0n) is 11.6. The zero-order valence-corrected chi connectivity index (χ0v) is 13.2. The van der Waals surface area contributed by atoms with Gasteiger partial charge in [-0.2, -0.15) is 0 Å². The van der Waals surface area contributed by atoms with Crippen molar-refractivity contribution in [3.8, 4) is 17.2 Å². The summed E-state index contributed by atoms with van der Waals surface area (Å²) in [6, 6.07) is 10.2. The van der Waals surface area contributed by atoms with Gasteiger partial charge in [0.25, 0.3) is 5.69 Å². The van der Waals surface area contributed by atoms with E-state index in [1.165, 1.54) is 6.07 Å². The largest absolute Gasteiger partial charge is 0.493 e. The lowest BCUT2D eigenvalue weighted by Crippen LogP contribution is -1.95. The van der Waals surface area contributed by atoms with Crippen molar-refractivity contribution < 1.29 is 14.4 Å². The molecule has 0 amide bonds. The first-order valence-electron chi connectivity index (χ1n) is 6.21. The van der Waals surface area contributed by atoms with Crippen molar-refractivity contribution in [2.24, 2.45) is 0 Å². The van der Waals surface area contributed by atoms with E-state index in [1.54, 1.807) is 19.2 Å². The zero-order chi connectivity index (χ0) is 15.4. The molecule has 2 aromatic carbocycles. The van der Waals surface area contributed by atoms with Crippen molar-refractivity contribution in [2.75, 3.05) is 7.11 Å². The van der Waals surface area contributed by atoms with Gasteiger partial charge < -0.3 is 9.47 Å². The molecule has 0 saturated carbocycles. The molecule has 0 bridgehead atoms. The molecule has 0 aliphatic carbocycles. The Labute approximate surface area is 130 Å². The van der Waals surface area contributed by atoms with Gasteiger partial charge >= 0.3 is 0 Å². The summed E-state index contributed by atoms with van der Waals surface area (Å²) in [7, 11) is 1.57. The van der Waals surface area contributed by atoms with E-state index >= 15 is 0 Å². The Morgan fingerprint density at radius 3 is 2.57 bits per heavy atom. The molecule has 6 heteroatoms. The van der Waals surface area contributed by atoms with Crippen molar-refractivity contribution in [1.82, 2.24) is 0 Å². The summed E-state index contributed by atoms with van der Waals surface area (Å²) < 4.78 is 11.0. The van der Waals surface area contributed by atoms with Gasteiger partial charge in [-0.15, -0.1) is 0 Å². The smallest absolute Gasteiger partial charge is 0.273 e. The molecule has 0 heterocycles. The molecule has 0 aliphatic heterocycles. The molecule has 2 rings (SSSR count). The first kappa shape index (κ1) is 15.3. The van der Waals surface area contributed by atoms with E-state index in [2.05, 4.69) is 15.9 Å². The third-order valence-corrected chi connectivity index (χ3v) is 3.54. The Hall–Kier alpha value is -2.08. The van der Waals surface area contributed by atoms with Gasteiger partial charge in [-0.25, -0.2) is 0 Å². The fourth-order valence-electron chi connectivity index (χ4n) is 1.90. The number of ether oxygens (including phenoxy) is 2. The highest BCUT2D eigenvalue weighted by atomic mass is 79.9. The second-order valence-corrected chi connectivity index (χ2v) is 5.00. The maximum absolute atomic E-state index is 10.9. The predicted molar refractivity (Wildman–Crippen MR) is 83.5 cm³/mol. The molecule has 21 heavy (non-hydrogen) atoms. The van der Waals surface area contributed by atoms with E-state index < -0.39 is 4.92 Å². The minimum Gasteiger partial charge on any atom is -0.493 e. The predicted octanol–water partition coefficient (Wildman–Crippen LogP) is 4.60. The average molecular weight is 352 g/mol. The second kappa shape index (κ2) is 6.58. The van der Waals surface area contributed by atoms with Crippen molar-refractivity contribution in [3.63, 3.8) is 0 Å². The third-order valence-electron chi connectivity index (χ3n) is 2.94. The molecular formula is C15H14BrNO4. The quantitative estimate of drug-likeness (QED) is 0.448. The van der Waals surface area contributed by atoms with Crippen LogP contribution >= 0.6 is 15.9 Å². The van der Waals surface area contributed by atoms with Crippen LogP contribution in [-0.2, 0) is 5.33 Å². The van der Waals surface area contributed by atoms with Crippen molar-refractivity contribution >= 4 is 21.6 Å². The first-order valence-corrected chi connectivity index (χ1v) is 7.33. The molecule has 0 atom stereocenters. The van der Waals surface area contributed by atoms with Crippen molar-refractivity contribution in [1.29, 1.82) is 0 Å². The summed E-state index contributed by atoms with van der Waals surface area (Å²) in [6.45, 7) is 1.96. The summed E-state index contributed by atoms with van der Waals surface area (Å²) in [5.41, 5.74) is 1.68. The SMILES string of the molecule is COc1cc(C)ccc1Oc1ccc([N+](=O)[O-])c(CBr)c1. The molecule has 0 N–H and O–H groups in total. The molecular weight excluding hydrogens is 338 g/mol. The van der Waals surface area contributed by atoms with Crippen LogP contribution in [-0.4, -0.2) is 12.0 Å². The molecule has 2 aromatic rings. The van der Waals surface area contributed by atoms with E-state index in [0.29, 0.717) is 28.1 Å². The number of aryl methyl sites for hydroxylation is 1. The topological polar surface area (TPSA) is 61.6 Å². The standard InChI is InChI=1S/C15H14BrNO4/c1-10-3-6-14(15(7-10)20-2)21-12-4-5-13(17(18)19)11(8-12)9-16/h3-8H,9H2,1-2H3. The number of rotatable bonds is 5. The number of benzene rings is 2. The van der Waals surface area contributed by atoms with Gasteiger partial charge in [-0.3, -0.25) is 10.1 Å². The minimum atomic E-state index is -0.410. The highest BCUT2D eigenvalue weighted by Crippen LogP contribution is 2.34. The molecule has 110 valence electrons. The molecule has 0 aliphatic rings. The maximum Gasteiger partial charge on any atom is 0.273 e. The Bertz CT molecular complexity index is 673. The summed E-state index contributed by atoms with van der Waals surface area (Å²) in [5, 5.41) is 11.3. The van der Waals surface area contributed by atoms with Gasteiger partial charge in [0.1, 0.15) is 5.75 Å². The van der Waals surface area contributed by atoms with Gasteiger partial charge in [0.2, 0.25) is 0 Å². The van der Waals surface area contributed by atoms with E-state index in [0.717, 1.165) is 5.56 Å². The van der Waals surface area contributed by atoms with Crippen molar-refractivity contribution in [2.45, 2.75) is 12.3 Å². The van der Waals surface area contributed by atoms with Crippen LogP contribution in [0.4, 0.5) is 5.69 Å². The Kier molecular flexibility index (Phi) is 4.80. The van der Waals surface area contributed by atoms with Crippen LogP contribution in [0.3, 0.4) is 0 Å². The summed E-state index contributed by atoms with van der Waals surface area (Å²) in [4.78, 5) is 10.5. The monoisotopic (exact) mass is 351 g/mol. The Morgan fingerprint density at radius 2 is 1.95 bits per heavy atom. The van der Waals surface area contributed by atoms with Crippen molar-refractivity contribution in [3.05, 3.63) is 57.6 Å². The maximum atomic E-state index is 10.9. The molecule has 0 radical (unpaired) electrons. The Morgan fingerprint density at radius 1 is 1.19 bits per heavy atom. The number of alkyl halides is 1. The summed E-state index contributed by atoms with van der Waals surface area (Å²) in [5.74, 6) is 1.71. The third kappa shape index (κ3) is 3.52. The van der Waals surface area contributed by atoms with Gasteiger partial charge in [0.05, 0.1) is 12.0 Å². The summed E-state index contributed by atoms with van der Waals surface area (Å²) >= 11 is 3.25. The van der Waals surface area contributed by atoms with Gasteiger partial charge in [0, 0.05) is 17.0 Å². The van der Waals surface area contributed by atoms with E-state index in [9.17, 15) is 10.1 Å². The van der Waals surface area contributed by atoms with Crippen LogP contribution < -0.4 is 9.47 Å². The van der Waals surface area contributed by atoms with Gasteiger partial charge in [-0.05, 0) is 36.8 Å². The molecule has 5 nitrogen and oxygen atoms in total. The number of hydrogen-bond acceptors (Lipinski definition) is 4. The van der Waals surface area contributed by atoms with Crippen LogP contribution in [0.5, 0.6) is 17.2 Å². The lowest BCUT2D eigenvalue weighted by atomic mass is 10.2. The van der Waals surface area contributed by atoms with Crippen LogP contribution in [0.15, 0.2) is 36.4 Å². The fourth-order valence-corrected chi connectivity index (χ4v) is 2.35. The molecule has 0 saturated heterocycles. The lowest BCUT2D eigenvalue weighted by molar-refractivity contribution is -0.385. The fraction of sp³-hybridized carbons (Fsp3) is 0.200. The first-order chi connectivity index (χ1) is 10.0. The number of nitro benzene ring substituents is 1. The lowest BCUT2D eigenvalue weighted by Gasteiger charge is -2.11. The van der Waals surface area contributed by atoms with Crippen LogP contribution in [0.2, 0.25) is 0 Å².